The molecule has 0 aromatic heterocycles. The quantitative estimate of drug-likeness (QED) is 0.606. The zero-order chi connectivity index (χ0) is 12.7. The Morgan fingerprint density at radius 2 is 2.18 bits per heavy atom. The highest BCUT2D eigenvalue weighted by Gasteiger charge is 2.07. The Balaban J connectivity index is 2.69. The summed E-state index contributed by atoms with van der Waals surface area (Å²) in [7, 11) is 1.62. The Morgan fingerprint density at radius 3 is 2.76 bits per heavy atom. The van der Waals surface area contributed by atoms with Crippen LogP contribution in [-0.4, -0.2) is 13.7 Å². The van der Waals surface area contributed by atoms with Gasteiger partial charge in [-0.15, -0.1) is 12.3 Å². The monoisotopic (exact) mass is 233 g/mol. The van der Waals surface area contributed by atoms with Crippen molar-refractivity contribution in [3.05, 3.63) is 23.8 Å². The topological polar surface area (TPSA) is 44.5 Å². The molecule has 0 unspecified atom stereocenters. The highest BCUT2D eigenvalue weighted by atomic mass is 16.5. The van der Waals surface area contributed by atoms with Gasteiger partial charge in [0, 0.05) is 12.5 Å². The Morgan fingerprint density at radius 1 is 1.41 bits per heavy atom. The zero-order valence-electron chi connectivity index (χ0n) is 10.4. The number of terminal acetylenes is 1. The second kappa shape index (κ2) is 6.82. The fraction of sp³-hybridized carbons (Fsp3) is 0.429. The number of ether oxygens (including phenoxy) is 2. The molecule has 0 bridgehead atoms. The molecule has 0 aliphatic carbocycles. The first-order chi connectivity index (χ1) is 8.19. The smallest absolute Gasteiger partial charge is 0.161 e. The highest BCUT2D eigenvalue weighted by Crippen LogP contribution is 2.29. The Hall–Kier alpha value is -1.66. The van der Waals surface area contributed by atoms with Gasteiger partial charge in [-0.3, -0.25) is 0 Å². The van der Waals surface area contributed by atoms with Crippen molar-refractivity contribution in [2.24, 2.45) is 5.73 Å². The van der Waals surface area contributed by atoms with Crippen molar-refractivity contribution in [3.63, 3.8) is 0 Å². The second-order valence-electron chi connectivity index (χ2n) is 3.86. The molecule has 1 aromatic rings. The van der Waals surface area contributed by atoms with Gasteiger partial charge in [-0.05, 0) is 31.0 Å². The maximum Gasteiger partial charge on any atom is 0.161 e. The summed E-state index contributed by atoms with van der Waals surface area (Å²) in [6.45, 7) is 2.53. The van der Waals surface area contributed by atoms with Crippen molar-refractivity contribution >= 4 is 0 Å². The zero-order valence-corrected chi connectivity index (χ0v) is 10.4. The van der Waals surface area contributed by atoms with E-state index in [1.165, 1.54) is 0 Å². The van der Waals surface area contributed by atoms with Gasteiger partial charge in [0.05, 0.1) is 13.7 Å². The van der Waals surface area contributed by atoms with Gasteiger partial charge in [-0.1, -0.05) is 6.07 Å². The first-order valence-corrected chi connectivity index (χ1v) is 5.68. The molecule has 1 aromatic carbocycles. The van der Waals surface area contributed by atoms with Crippen molar-refractivity contribution in [3.8, 4) is 23.8 Å². The van der Waals surface area contributed by atoms with Crippen molar-refractivity contribution in [2.75, 3.05) is 13.7 Å². The predicted molar refractivity (Wildman–Crippen MR) is 69.2 cm³/mol. The maximum absolute atomic E-state index is 5.81. The molecule has 0 amide bonds. The van der Waals surface area contributed by atoms with Crippen LogP contribution in [0.4, 0.5) is 0 Å². The van der Waals surface area contributed by atoms with Crippen molar-refractivity contribution < 1.29 is 9.47 Å². The molecule has 0 aliphatic rings. The molecule has 0 heterocycles. The average Bonchev–Trinajstić information content (AvgIpc) is 2.34. The molecule has 0 radical (unpaired) electrons. The molecule has 17 heavy (non-hydrogen) atoms. The SMILES string of the molecule is C#CCCCOc1ccc([C@H](C)N)cc1OC. The van der Waals surface area contributed by atoms with Crippen LogP contribution in [0.2, 0.25) is 0 Å². The fourth-order valence-corrected chi connectivity index (χ4v) is 1.44. The maximum atomic E-state index is 5.81. The van der Waals surface area contributed by atoms with Gasteiger partial charge in [0.15, 0.2) is 11.5 Å². The number of rotatable bonds is 6. The summed E-state index contributed by atoms with van der Waals surface area (Å²) < 4.78 is 10.9. The summed E-state index contributed by atoms with van der Waals surface area (Å²) in [6.07, 6.45) is 6.74. The lowest BCUT2D eigenvalue weighted by molar-refractivity contribution is 0.290. The van der Waals surface area contributed by atoms with E-state index in [0.717, 1.165) is 24.2 Å². The number of hydrogen-bond acceptors (Lipinski definition) is 3. The van der Waals surface area contributed by atoms with E-state index in [-0.39, 0.29) is 6.04 Å². The first-order valence-electron chi connectivity index (χ1n) is 5.68. The largest absolute Gasteiger partial charge is 0.493 e. The van der Waals surface area contributed by atoms with Crippen LogP contribution < -0.4 is 15.2 Å². The van der Waals surface area contributed by atoms with E-state index in [1.54, 1.807) is 7.11 Å². The highest BCUT2D eigenvalue weighted by molar-refractivity contribution is 5.43. The molecule has 0 fully saturated rings. The molecule has 0 aliphatic heterocycles. The van der Waals surface area contributed by atoms with Crippen LogP contribution in [0.25, 0.3) is 0 Å². The van der Waals surface area contributed by atoms with Crippen molar-refractivity contribution in [2.45, 2.75) is 25.8 Å². The minimum Gasteiger partial charge on any atom is -0.493 e. The van der Waals surface area contributed by atoms with Gasteiger partial charge in [0.1, 0.15) is 0 Å². The van der Waals surface area contributed by atoms with E-state index < -0.39 is 0 Å². The summed E-state index contributed by atoms with van der Waals surface area (Å²) in [6, 6.07) is 5.72. The molecule has 3 heteroatoms. The molecule has 0 spiro atoms. The standard InChI is InChI=1S/C14H19NO2/c1-4-5-6-9-17-13-8-7-12(11(2)15)10-14(13)16-3/h1,7-8,10-11H,5-6,9,15H2,2-3H3/t11-/m0/s1. The van der Waals surface area contributed by atoms with E-state index in [0.29, 0.717) is 12.4 Å². The summed E-state index contributed by atoms with van der Waals surface area (Å²) in [5.74, 6) is 4.02. The van der Waals surface area contributed by atoms with Crippen molar-refractivity contribution in [1.82, 2.24) is 0 Å². The van der Waals surface area contributed by atoms with E-state index in [9.17, 15) is 0 Å². The minimum absolute atomic E-state index is 0.0145. The van der Waals surface area contributed by atoms with Gasteiger partial charge < -0.3 is 15.2 Å². The molecular formula is C14H19NO2. The van der Waals surface area contributed by atoms with Gasteiger partial charge in [0.2, 0.25) is 0 Å². The van der Waals surface area contributed by atoms with Crippen molar-refractivity contribution in [1.29, 1.82) is 0 Å². The van der Waals surface area contributed by atoms with Crippen LogP contribution in [-0.2, 0) is 0 Å². The normalized spacial score (nSPS) is 11.6. The molecule has 1 rings (SSSR count). The molecule has 1 atom stereocenters. The molecule has 2 N–H and O–H groups in total. The summed E-state index contributed by atoms with van der Waals surface area (Å²) in [5, 5.41) is 0. The van der Waals surface area contributed by atoms with E-state index in [4.69, 9.17) is 21.6 Å². The lowest BCUT2D eigenvalue weighted by atomic mass is 10.1. The molecule has 92 valence electrons. The first kappa shape index (κ1) is 13.4. The van der Waals surface area contributed by atoms with Crippen LogP contribution in [0.1, 0.15) is 31.4 Å². The third-order valence-electron chi connectivity index (χ3n) is 2.44. The lowest BCUT2D eigenvalue weighted by Crippen LogP contribution is -2.06. The fourth-order valence-electron chi connectivity index (χ4n) is 1.44. The van der Waals surface area contributed by atoms with Gasteiger partial charge >= 0.3 is 0 Å². The van der Waals surface area contributed by atoms with Crippen LogP contribution in [0, 0.1) is 12.3 Å². The number of hydrogen-bond donors (Lipinski definition) is 1. The molecule has 0 saturated carbocycles. The molecule has 0 saturated heterocycles. The number of benzene rings is 1. The van der Waals surface area contributed by atoms with Crippen LogP contribution in [0.15, 0.2) is 18.2 Å². The van der Waals surface area contributed by atoms with Gasteiger partial charge in [0.25, 0.3) is 0 Å². The average molecular weight is 233 g/mol. The summed E-state index contributed by atoms with van der Waals surface area (Å²) in [4.78, 5) is 0. The molecular weight excluding hydrogens is 214 g/mol. The third kappa shape index (κ3) is 4.01. The van der Waals surface area contributed by atoms with E-state index in [2.05, 4.69) is 5.92 Å². The minimum atomic E-state index is -0.0145. The van der Waals surface area contributed by atoms with Gasteiger partial charge in [-0.2, -0.15) is 0 Å². The van der Waals surface area contributed by atoms with Gasteiger partial charge in [-0.25, -0.2) is 0 Å². The summed E-state index contributed by atoms with van der Waals surface area (Å²) in [5.41, 5.74) is 6.83. The number of unbranched alkanes of at least 4 members (excludes halogenated alkanes) is 1. The lowest BCUT2D eigenvalue weighted by Gasteiger charge is -2.13. The second-order valence-corrected chi connectivity index (χ2v) is 3.86. The van der Waals surface area contributed by atoms with Crippen LogP contribution in [0.3, 0.4) is 0 Å². The van der Waals surface area contributed by atoms with Crippen LogP contribution in [0.5, 0.6) is 11.5 Å². The molecule has 3 nitrogen and oxygen atoms in total. The summed E-state index contributed by atoms with van der Waals surface area (Å²) >= 11 is 0. The number of methoxy groups -OCH3 is 1. The van der Waals surface area contributed by atoms with E-state index >= 15 is 0 Å². The third-order valence-corrected chi connectivity index (χ3v) is 2.44. The van der Waals surface area contributed by atoms with E-state index in [1.807, 2.05) is 25.1 Å². The Bertz CT molecular complexity index is 394. The van der Waals surface area contributed by atoms with Crippen LogP contribution >= 0.6 is 0 Å². The Labute approximate surface area is 103 Å². The Kier molecular flexibility index (Phi) is 5.38. The number of nitrogens with two attached hydrogens (primary N) is 1. The predicted octanol–water partition coefficient (Wildman–Crippen LogP) is 2.51.